The molecule has 0 aliphatic heterocycles. The fraction of sp³-hybridized carbons (Fsp3) is 0.378. The van der Waals surface area contributed by atoms with E-state index in [-0.39, 0.29) is 73.1 Å². The van der Waals surface area contributed by atoms with Gasteiger partial charge in [0.15, 0.2) is 10.3 Å². The maximum Gasteiger partial charge on any atom is 0.416 e. The van der Waals surface area contributed by atoms with Crippen molar-refractivity contribution in [1.82, 2.24) is 38.7 Å². The van der Waals surface area contributed by atoms with Crippen molar-refractivity contribution in [2.75, 3.05) is 52.0 Å². The van der Waals surface area contributed by atoms with Gasteiger partial charge in [-0.2, -0.15) is 36.3 Å². The molecule has 0 saturated carbocycles. The highest BCUT2D eigenvalue weighted by atomic mass is 32.2. The van der Waals surface area contributed by atoms with Crippen molar-refractivity contribution in [3.63, 3.8) is 0 Å². The standard InChI is InChI=1S/2C37H40F4N4O2S/c1-4-43(5-2)18-19-44(22-26-6-10-28(11-7-26)29-12-14-30(15-13-29)37(39,40)41)34(46)23-45-33-21-25(3)20-32(33)35(47)42-36(45)48-24-27-8-16-31(38)17-9-27;1-4-43(5-2)19-20-44(22-29-12-11-28(21-25(29)3)27-13-15-30(16-14-27)37(39,40)41)34(46)23-45-33-8-6-7-32(33)35(47)42-36(45)48-24-26-9-17-31(38)18-10-26/h6-17,25H,4-5,18-24H2,1-3H3;9-18,21H,4-8,19-20,22-24H2,1-3H3/i4D2,5D2,18D2,19D2,20D2,21D2,22D2,23D2,25D;4D2,5D2,11D,12D,13D,14D,15D,16D,19D2,20D2,21D,22D2,23D2. The van der Waals surface area contributed by atoms with Crippen molar-refractivity contribution in [3.05, 3.63) is 233 Å². The second kappa shape index (κ2) is 32.9. The number of nitrogens with zero attached hydrogens (tertiary/aromatic N) is 8. The van der Waals surface area contributed by atoms with Crippen molar-refractivity contribution < 1.29 is 94.1 Å². The maximum atomic E-state index is 15.3. The molecule has 508 valence electrons. The van der Waals surface area contributed by atoms with Gasteiger partial charge in [-0.1, -0.05) is 149 Å². The van der Waals surface area contributed by atoms with E-state index in [1.54, 1.807) is 0 Å². The van der Waals surface area contributed by atoms with Crippen LogP contribution >= 0.6 is 23.5 Å². The number of amides is 2. The Kier molecular flexibility index (Phi) is 13.1. The molecule has 2 amide bonds. The van der Waals surface area contributed by atoms with Gasteiger partial charge < -0.3 is 28.7 Å². The zero-order valence-electron chi connectivity index (χ0n) is 87.3. The van der Waals surface area contributed by atoms with Crippen LogP contribution in [0.5, 0.6) is 0 Å². The lowest BCUT2D eigenvalue weighted by Crippen LogP contribution is -2.40. The van der Waals surface area contributed by atoms with E-state index < -0.39 is 256 Å². The van der Waals surface area contributed by atoms with E-state index in [1.165, 1.54) is 24.3 Å². The van der Waals surface area contributed by atoms with Crippen LogP contribution in [0.1, 0.15) is 152 Å². The molecule has 96 heavy (non-hydrogen) atoms. The summed E-state index contributed by atoms with van der Waals surface area (Å²) in [5.74, 6) is -9.57. The molecule has 2 aliphatic carbocycles. The van der Waals surface area contributed by atoms with Gasteiger partial charge in [-0.05, 0) is 169 Å². The summed E-state index contributed by atoms with van der Waals surface area (Å²) in [5.41, 5.74) is -12.4. The number of rotatable bonds is 26. The average Bonchev–Trinajstić information content (AvgIpc) is 1.59. The van der Waals surface area contributed by atoms with Crippen LogP contribution in [0.25, 0.3) is 22.3 Å². The van der Waals surface area contributed by atoms with Crippen LogP contribution in [-0.2, 0) is 85.0 Å². The molecular formula is C74H80F8N8O4S2. The van der Waals surface area contributed by atoms with Crippen molar-refractivity contribution >= 4 is 35.3 Å². The molecule has 2 aliphatic rings. The topological polar surface area (TPSA) is 117 Å². The quantitative estimate of drug-likeness (QED) is 0.0295. The molecule has 0 bridgehead atoms. The summed E-state index contributed by atoms with van der Waals surface area (Å²) in [6.45, 7) is -42.1. The molecule has 0 radical (unpaired) electrons. The summed E-state index contributed by atoms with van der Waals surface area (Å²) >= 11 is 1.05. The van der Waals surface area contributed by atoms with E-state index >= 15 is 9.59 Å². The molecule has 10 rings (SSSR count). The van der Waals surface area contributed by atoms with Crippen LogP contribution in [0.15, 0.2) is 159 Å². The molecule has 0 N–H and O–H groups in total. The molecule has 1 atom stereocenters. The highest BCUT2D eigenvalue weighted by molar-refractivity contribution is 7.98. The minimum absolute atomic E-state index is 0.00309. The van der Waals surface area contributed by atoms with Crippen molar-refractivity contribution in [2.45, 2.75) is 134 Å². The Morgan fingerprint density at radius 1 is 0.573 bits per heavy atom. The number of hydrogen-bond donors (Lipinski definition) is 0. The van der Waals surface area contributed by atoms with Gasteiger partial charge in [0.2, 0.25) is 11.8 Å². The van der Waals surface area contributed by atoms with E-state index in [1.807, 2.05) is 0 Å². The van der Waals surface area contributed by atoms with Gasteiger partial charge in [-0.25, -0.2) is 8.78 Å². The van der Waals surface area contributed by atoms with Crippen LogP contribution < -0.4 is 11.1 Å². The first kappa shape index (κ1) is 38.3. The minimum atomic E-state index is -5.43. The van der Waals surface area contributed by atoms with E-state index in [0.717, 1.165) is 86.6 Å². The lowest BCUT2D eigenvalue weighted by atomic mass is 9.98. The van der Waals surface area contributed by atoms with Crippen molar-refractivity contribution in [2.24, 2.45) is 5.89 Å². The molecule has 2 heterocycles. The van der Waals surface area contributed by atoms with Crippen molar-refractivity contribution in [3.8, 4) is 22.3 Å². The summed E-state index contributed by atoms with van der Waals surface area (Å²) < 4.78 is 428. The number of likely N-dealkylation sites (N-methyl/N-ethyl adjacent to an activating group) is 2. The number of alkyl halides is 6. The van der Waals surface area contributed by atoms with Crippen LogP contribution in [0.4, 0.5) is 35.1 Å². The van der Waals surface area contributed by atoms with E-state index in [2.05, 4.69) is 9.97 Å². The molecule has 2 aromatic heterocycles. The third-order valence-electron chi connectivity index (χ3n) is 13.7. The van der Waals surface area contributed by atoms with Crippen LogP contribution in [0, 0.1) is 24.5 Å². The lowest BCUT2D eigenvalue weighted by Gasteiger charge is -2.28. The monoisotopic (exact) mass is 1400 g/mol. The van der Waals surface area contributed by atoms with Gasteiger partial charge in [0.25, 0.3) is 11.1 Å². The molecule has 0 spiro atoms. The van der Waals surface area contributed by atoms with Crippen LogP contribution in [-0.4, -0.2) is 102 Å². The Bertz CT molecular complexity index is 5850. The smallest absolute Gasteiger partial charge is 0.336 e. The van der Waals surface area contributed by atoms with E-state index in [4.69, 9.17) is 32.9 Å². The minimum Gasteiger partial charge on any atom is -0.336 e. The number of carbonyl (C=O) groups excluding carboxylic acids is 2. The third kappa shape index (κ3) is 19.0. The average molecular weight is 1400 g/mol. The number of benzene rings is 6. The number of aromatic nitrogens is 4. The Morgan fingerprint density at radius 2 is 1.03 bits per heavy atom. The highest BCUT2D eigenvalue weighted by Gasteiger charge is 2.33. The number of halogens is 8. The fourth-order valence-corrected chi connectivity index (χ4v) is 10.7. The van der Waals surface area contributed by atoms with E-state index in [9.17, 15) is 61.2 Å². The normalized spacial score (nSPS) is 22.7. The molecule has 6 aromatic carbocycles. The molecule has 0 saturated heterocycles. The molecule has 8 aromatic rings. The van der Waals surface area contributed by atoms with Gasteiger partial charge in [-0.15, -0.1) is 0 Å². The summed E-state index contributed by atoms with van der Waals surface area (Å²) in [6.07, 6.45) is -16.7. The van der Waals surface area contributed by atoms with E-state index in [0.29, 0.717) is 61.3 Å². The summed E-state index contributed by atoms with van der Waals surface area (Å²) in [7, 11) is 0. The van der Waals surface area contributed by atoms with Gasteiger partial charge in [0.05, 0.1) is 37.2 Å². The maximum absolute atomic E-state index is 15.3. The second-order valence-electron chi connectivity index (χ2n) is 20.2. The summed E-state index contributed by atoms with van der Waals surface area (Å²) in [6, 6.07) is 6.96. The molecular weight excluding hydrogens is 1280 g/mol. The van der Waals surface area contributed by atoms with Crippen LogP contribution in [0.3, 0.4) is 0 Å². The van der Waals surface area contributed by atoms with Crippen molar-refractivity contribution in [1.29, 1.82) is 0 Å². The summed E-state index contributed by atoms with van der Waals surface area (Å²) in [4.78, 5) is 63.2. The Balaban J connectivity index is 0.000000297. The van der Waals surface area contributed by atoms with Gasteiger partial charge >= 0.3 is 12.4 Å². The zero-order chi connectivity index (χ0) is 101. The first-order valence-electron chi connectivity index (χ1n) is 46.4. The first-order valence-corrected chi connectivity index (χ1v) is 30.4. The molecule has 22 heteroatoms. The van der Waals surface area contributed by atoms with Gasteiger partial charge in [0, 0.05) is 96.3 Å². The van der Waals surface area contributed by atoms with Crippen LogP contribution in [0.2, 0.25) is 0 Å². The largest absolute Gasteiger partial charge is 0.416 e. The predicted molar refractivity (Wildman–Crippen MR) is 362 cm³/mol. The number of fused-ring (bicyclic) bond motifs is 2. The Morgan fingerprint density at radius 3 is 1.53 bits per heavy atom. The fourth-order valence-electron chi connectivity index (χ4n) is 8.87. The predicted octanol–water partition coefficient (Wildman–Crippen LogP) is 15.0. The van der Waals surface area contributed by atoms with Gasteiger partial charge in [0.1, 0.15) is 24.6 Å². The number of thioether (sulfide) groups is 2. The molecule has 12 nitrogen and oxygen atoms in total. The SMILES string of the molecule is [2H]C([2H])(C)N(C([2H])([2H])C)C([2H])([2H])C([2H])([2H])N(C(=O)C([2H])([2H])n1c(SCc2ccc(F)cc2)nc(=O)c2c1C([2H])([2H])C([2H])(C)C2([2H])[2H])C([2H])([2H])c1ccc(-c2ccc(C(F)(F)F)cc2)cc1.[2H]c1c([2H])c(C(F)(F)F)c([2H])c([2H])c1-c1c([2H])c([2H])c(C([2H])([2H])N(C(=O)C([2H])([2H])n2c(SCc3ccc(F)cc3)nc(=O)c3c2CCC3)C([2H])([2H])C([2H])([2H])N(C([2H])([2H])C)C([2H])([2H])C)c(C)c1[2H]. The Labute approximate surface area is 614 Å². The zero-order valence-corrected chi connectivity index (χ0v) is 53.0. The Hall–Kier alpha value is -7.92. The number of hydrogen-bond acceptors (Lipinski definition) is 10. The van der Waals surface area contributed by atoms with Gasteiger partial charge in [-0.3, -0.25) is 19.2 Å². The molecule has 0 fully saturated rings. The first-order chi connectivity index (χ1) is 59.5. The lowest BCUT2D eigenvalue weighted by molar-refractivity contribution is -0.138. The summed E-state index contributed by atoms with van der Waals surface area (Å²) in [5, 5.41) is -1.48. The second-order valence-corrected chi connectivity index (χ2v) is 22.1. The highest BCUT2D eigenvalue weighted by Crippen LogP contribution is 2.35. The third-order valence-corrected chi connectivity index (χ3v) is 15.7. The molecule has 1 unspecified atom stereocenters. The number of carbonyl (C=O) groups is 2.